The number of nitrogens with zero attached hydrogens (tertiary/aromatic N) is 2. The first-order chi connectivity index (χ1) is 16.6. The zero-order chi connectivity index (χ0) is 26.9. The van der Waals surface area contributed by atoms with Crippen molar-refractivity contribution < 1.29 is 35.9 Å². The molecule has 0 unspecified atom stereocenters. The Morgan fingerprint density at radius 3 is 2.17 bits per heavy atom. The highest BCUT2D eigenvalue weighted by molar-refractivity contribution is 7.89. The number of ether oxygens (including phenoxy) is 2. The molecular formula is C25H31F3N2O5S. The summed E-state index contributed by atoms with van der Waals surface area (Å²) >= 11 is 0. The van der Waals surface area contributed by atoms with E-state index >= 15 is 0 Å². The Bertz CT molecular complexity index is 1170. The number of sulfonamides is 1. The number of alkyl halides is 3. The van der Waals surface area contributed by atoms with Crippen molar-refractivity contribution in [1.82, 2.24) is 9.21 Å². The van der Waals surface area contributed by atoms with E-state index in [0.29, 0.717) is 30.2 Å². The second-order valence-electron chi connectivity index (χ2n) is 9.79. The van der Waals surface area contributed by atoms with Gasteiger partial charge in [-0.2, -0.15) is 17.5 Å². The molecule has 36 heavy (non-hydrogen) atoms. The van der Waals surface area contributed by atoms with Gasteiger partial charge >= 0.3 is 12.3 Å². The minimum Gasteiger partial charge on any atom is -0.497 e. The predicted molar refractivity (Wildman–Crippen MR) is 128 cm³/mol. The Hall–Kier alpha value is -2.79. The molecule has 3 rings (SSSR count). The van der Waals surface area contributed by atoms with E-state index in [1.807, 2.05) is 0 Å². The van der Waals surface area contributed by atoms with Gasteiger partial charge in [0.1, 0.15) is 11.4 Å². The SMILES string of the molecule is COc1ccc(CN([C@H]2C[C@@H](N(C)C(=O)OC(C)(C)C)C2)S(=O)(=O)c2cccc(C(F)(F)F)c2)cc1. The van der Waals surface area contributed by atoms with Gasteiger partial charge in [-0.3, -0.25) is 0 Å². The molecule has 2 aromatic carbocycles. The Morgan fingerprint density at radius 2 is 1.64 bits per heavy atom. The summed E-state index contributed by atoms with van der Waals surface area (Å²) in [6, 6.07) is 9.74. The molecular weight excluding hydrogens is 497 g/mol. The molecule has 0 atom stereocenters. The van der Waals surface area contributed by atoms with Crippen molar-refractivity contribution in [3.8, 4) is 5.75 Å². The fourth-order valence-corrected chi connectivity index (χ4v) is 5.56. The summed E-state index contributed by atoms with van der Waals surface area (Å²) in [6.07, 6.45) is -4.55. The second kappa shape index (κ2) is 10.3. The summed E-state index contributed by atoms with van der Waals surface area (Å²) in [5.74, 6) is 0.591. The monoisotopic (exact) mass is 528 g/mol. The number of rotatable bonds is 7. The van der Waals surface area contributed by atoms with Gasteiger partial charge in [0.2, 0.25) is 10.0 Å². The van der Waals surface area contributed by atoms with Crippen molar-refractivity contribution in [3.63, 3.8) is 0 Å². The third-order valence-corrected chi connectivity index (χ3v) is 7.88. The lowest BCUT2D eigenvalue weighted by Gasteiger charge is -2.45. The van der Waals surface area contributed by atoms with Crippen molar-refractivity contribution in [3.05, 3.63) is 59.7 Å². The number of carbonyl (C=O) groups is 1. The molecule has 0 aliphatic heterocycles. The molecule has 1 amide bonds. The number of amides is 1. The quantitative estimate of drug-likeness (QED) is 0.487. The van der Waals surface area contributed by atoms with Crippen LogP contribution < -0.4 is 4.74 Å². The maximum absolute atomic E-state index is 13.6. The summed E-state index contributed by atoms with van der Waals surface area (Å²) in [5, 5.41) is 0. The van der Waals surface area contributed by atoms with Gasteiger partial charge in [-0.05, 0) is 69.5 Å². The average molecular weight is 529 g/mol. The van der Waals surface area contributed by atoms with E-state index in [1.165, 1.54) is 16.3 Å². The largest absolute Gasteiger partial charge is 0.497 e. The lowest BCUT2D eigenvalue weighted by atomic mass is 9.85. The summed E-state index contributed by atoms with van der Waals surface area (Å²) in [6.45, 7) is 5.21. The normalized spacial score (nSPS) is 18.5. The van der Waals surface area contributed by atoms with Gasteiger partial charge in [0.05, 0.1) is 17.6 Å². The smallest absolute Gasteiger partial charge is 0.416 e. The van der Waals surface area contributed by atoms with Gasteiger partial charge < -0.3 is 14.4 Å². The number of benzene rings is 2. The van der Waals surface area contributed by atoms with Crippen LogP contribution in [0, 0.1) is 0 Å². The molecule has 0 N–H and O–H groups in total. The highest BCUT2D eigenvalue weighted by atomic mass is 32.2. The van der Waals surface area contributed by atoms with E-state index in [-0.39, 0.29) is 12.6 Å². The Balaban J connectivity index is 1.88. The fourth-order valence-electron chi connectivity index (χ4n) is 3.88. The number of carbonyl (C=O) groups excluding carboxylic acids is 1. The van der Waals surface area contributed by atoms with Crippen LogP contribution in [0.25, 0.3) is 0 Å². The molecule has 0 aromatic heterocycles. The van der Waals surface area contributed by atoms with E-state index in [4.69, 9.17) is 9.47 Å². The third-order valence-electron chi connectivity index (χ3n) is 5.99. The van der Waals surface area contributed by atoms with E-state index < -0.39 is 44.4 Å². The van der Waals surface area contributed by atoms with Crippen LogP contribution in [-0.4, -0.2) is 55.6 Å². The molecule has 0 saturated heterocycles. The molecule has 2 aromatic rings. The molecule has 1 fully saturated rings. The van der Waals surface area contributed by atoms with Crippen LogP contribution in [0.15, 0.2) is 53.4 Å². The Morgan fingerprint density at radius 1 is 1.03 bits per heavy atom. The van der Waals surface area contributed by atoms with E-state index in [2.05, 4.69) is 0 Å². The second-order valence-corrected chi connectivity index (χ2v) is 11.7. The molecule has 0 bridgehead atoms. The van der Waals surface area contributed by atoms with Crippen LogP contribution in [0.3, 0.4) is 0 Å². The van der Waals surface area contributed by atoms with Crippen molar-refractivity contribution >= 4 is 16.1 Å². The zero-order valence-electron chi connectivity index (χ0n) is 20.9. The molecule has 1 aliphatic rings. The minimum atomic E-state index is -4.68. The molecule has 0 spiro atoms. The summed E-state index contributed by atoms with van der Waals surface area (Å²) in [4.78, 5) is 13.4. The predicted octanol–water partition coefficient (Wildman–Crippen LogP) is 5.30. The van der Waals surface area contributed by atoms with Gasteiger partial charge in [-0.1, -0.05) is 18.2 Å². The van der Waals surface area contributed by atoms with Crippen LogP contribution in [-0.2, 0) is 27.5 Å². The molecule has 198 valence electrons. The van der Waals surface area contributed by atoms with Crippen molar-refractivity contribution in [2.24, 2.45) is 0 Å². The number of methoxy groups -OCH3 is 1. The number of hydrogen-bond acceptors (Lipinski definition) is 5. The van der Waals surface area contributed by atoms with Crippen LogP contribution in [0.4, 0.5) is 18.0 Å². The highest BCUT2D eigenvalue weighted by Gasteiger charge is 2.44. The van der Waals surface area contributed by atoms with E-state index in [9.17, 15) is 26.4 Å². The molecule has 0 heterocycles. The maximum Gasteiger partial charge on any atom is 0.416 e. The molecule has 0 radical (unpaired) electrons. The van der Waals surface area contributed by atoms with Gasteiger partial charge in [0.15, 0.2) is 0 Å². The van der Waals surface area contributed by atoms with Crippen LogP contribution in [0.1, 0.15) is 44.7 Å². The number of hydrogen-bond donors (Lipinski definition) is 0. The van der Waals surface area contributed by atoms with E-state index in [0.717, 1.165) is 18.2 Å². The van der Waals surface area contributed by atoms with Crippen molar-refractivity contribution in [2.45, 2.75) is 68.9 Å². The topological polar surface area (TPSA) is 76.2 Å². The Labute approximate surface area is 209 Å². The summed E-state index contributed by atoms with van der Waals surface area (Å²) < 4.78 is 78.8. The van der Waals surface area contributed by atoms with Gasteiger partial charge in [-0.25, -0.2) is 13.2 Å². The van der Waals surface area contributed by atoms with E-state index in [1.54, 1.807) is 52.1 Å². The summed E-state index contributed by atoms with van der Waals surface area (Å²) in [7, 11) is -1.19. The van der Waals surface area contributed by atoms with Crippen molar-refractivity contribution in [2.75, 3.05) is 14.2 Å². The van der Waals surface area contributed by atoms with Gasteiger partial charge in [-0.15, -0.1) is 0 Å². The number of halogens is 3. The summed E-state index contributed by atoms with van der Waals surface area (Å²) in [5.41, 5.74) is -1.07. The maximum atomic E-state index is 13.6. The molecule has 1 saturated carbocycles. The zero-order valence-corrected chi connectivity index (χ0v) is 21.7. The van der Waals surface area contributed by atoms with Crippen LogP contribution >= 0.6 is 0 Å². The van der Waals surface area contributed by atoms with Gasteiger partial charge in [0.25, 0.3) is 0 Å². The van der Waals surface area contributed by atoms with Crippen LogP contribution in [0.5, 0.6) is 5.75 Å². The van der Waals surface area contributed by atoms with Crippen LogP contribution in [0.2, 0.25) is 0 Å². The lowest BCUT2D eigenvalue weighted by Crippen LogP contribution is -2.56. The first-order valence-electron chi connectivity index (χ1n) is 11.4. The molecule has 11 heteroatoms. The minimum absolute atomic E-state index is 0.0455. The first kappa shape index (κ1) is 27.8. The fraction of sp³-hybridized carbons (Fsp3) is 0.480. The third kappa shape index (κ3) is 6.50. The lowest BCUT2D eigenvalue weighted by molar-refractivity contribution is -0.137. The van der Waals surface area contributed by atoms with Gasteiger partial charge in [0, 0.05) is 25.7 Å². The van der Waals surface area contributed by atoms with Crippen molar-refractivity contribution in [1.29, 1.82) is 0 Å². The first-order valence-corrected chi connectivity index (χ1v) is 12.8. The molecule has 7 nitrogen and oxygen atoms in total. The molecule has 1 aliphatic carbocycles. The average Bonchev–Trinajstić information content (AvgIpc) is 2.76. The Kier molecular flexibility index (Phi) is 7.95. The standard InChI is InChI=1S/C25H31F3N2O5S/c1-24(2,3)35-23(31)29(4)19-14-20(15-19)30(16-17-9-11-21(34-5)12-10-17)36(32,33)22-8-6-7-18(13-22)25(26,27)28/h6-13,19-20H,14-16H2,1-5H3/t19-,20+. The highest BCUT2D eigenvalue weighted by Crippen LogP contribution is 2.37.